The predicted octanol–water partition coefficient (Wildman–Crippen LogP) is -0.310. The molecule has 1 heterocycles. The summed E-state index contributed by atoms with van der Waals surface area (Å²) in [6.07, 6.45) is -0.0435. The van der Waals surface area contributed by atoms with Gasteiger partial charge in [-0.1, -0.05) is 0 Å². The van der Waals surface area contributed by atoms with Crippen LogP contribution < -0.4 is 10.6 Å². The van der Waals surface area contributed by atoms with Crippen LogP contribution in [-0.2, 0) is 28.6 Å². The summed E-state index contributed by atoms with van der Waals surface area (Å²) in [4.78, 5) is 38.7. The second-order valence-electron chi connectivity index (χ2n) is 6.34. The molecule has 156 valence electrons. The number of hydrogen-bond donors (Lipinski definition) is 2. The molecule has 0 atom stereocenters. The van der Waals surface area contributed by atoms with Crippen molar-refractivity contribution >= 4 is 17.9 Å². The lowest BCUT2D eigenvalue weighted by Crippen LogP contribution is -2.59. The normalized spacial score (nSPS) is 17.9. The molecule has 1 saturated heterocycles. The Balaban J connectivity index is 3.17. The van der Waals surface area contributed by atoms with Crippen LogP contribution in [-0.4, -0.2) is 87.4 Å². The molecule has 2 N–H and O–H groups in total. The summed E-state index contributed by atoms with van der Waals surface area (Å²) in [6, 6.07) is 0. The molecular weight excluding hydrogens is 354 g/mol. The van der Waals surface area contributed by atoms with Gasteiger partial charge in [0, 0.05) is 32.7 Å². The van der Waals surface area contributed by atoms with Gasteiger partial charge < -0.3 is 24.8 Å². The summed E-state index contributed by atoms with van der Waals surface area (Å²) in [5.41, 5.74) is -0.933. The number of ether oxygens (including phenoxy) is 3. The molecule has 9 heteroatoms. The van der Waals surface area contributed by atoms with Gasteiger partial charge in [0.05, 0.1) is 44.7 Å². The lowest BCUT2D eigenvalue weighted by Gasteiger charge is -2.42. The second kappa shape index (κ2) is 12.6. The van der Waals surface area contributed by atoms with Crippen molar-refractivity contribution in [3.05, 3.63) is 0 Å². The van der Waals surface area contributed by atoms with E-state index in [0.29, 0.717) is 26.2 Å². The van der Waals surface area contributed by atoms with Crippen LogP contribution in [0.5, 0.6) is 0 Å². The molecule has 0 aromatic heterocycles. The molecule has 1 fully saturated rings. The third-order valence-corrected chi connectivity index (χ3v) is 4.34. The molecule has 1 aliphatic rings. The average Bonchev–Trinajstić information content (AvgIpc) is 2.68. The first-order valence-corrected chi connectivity index (χ1v) is 9.60. The first-order chi connectivity index (χ1) is 13.0. The van der Waals surface area contributed by atoms with Crippen LogP contribution in [0.1, 0.15) is 33.6 Å². The first kappa shape index (κ1) is 23.3. The molecule has 1 rings (SSSR count). The van der Waals surface area contributed by atoms with E-state index in [2.05, 4.69) is 10.6 Å². The Hall–Kier alpha value is -1.71. The first-order valence-electron chi connectivity index (χ1n) is 9.60. The zero-order valence-corrected chi connectivity index (χ0v) is 16.7. The van der Waals surface area contributed by atoms with Crippen molar-refractivity contribution in [3.8, 4) is 0 Å². The minimum Gasteiger partial charge on any atom is -0.466 e. The highest BCUT2D eigenvalue weighted by atomic mass is 16.5. The Labute approximate surface area is 161 Å². The van der Waals surface area contributed by atoms with Crippen LogP contribution in [0.2, 0.25) is 0 Å². The maximum Gasteiger partial charge on any atom is 0.320 e. The Kier molecular flexibility index (Phi) is 10.9. The van der Waals surface area contributed by atoms with Crippen LogP contribution >= 0.6 is 0 Å². The van der Waals surface area contributed by atoms with Crippen LogP contribution in [0.4, 0.5) is 0 Å². The number of carbonyl (C=O) groups excluding carboxylic acids is 3. The minimum absolute atomic E-state index is 0.0178. The summed E-state index contributed by atoms with van der Waals surface area (Å²) in [6.45, 7) is 8.85. The predicted molar refractivity (Wildman–Crippen MR) is 99.2 cm³/mol. The second-order valence-corrected chi connectivity index (χ2v) is 6.34. The van der Waals surface area contributed by atoms with Gasteiger partial charge in [-0.05, 0) is 20.8 Å². The minimum atomic E-state index is -0.933. The fourth-order valence-corrected chi connectivity index (χ4v) is 3.17. The molecule has 0 aromatic rings. The highest BCUT2D eigenvalue weighted by Crippen LogP contribution is 2.26. The Morgan fingerprint density at radius 3 is 1.89 bits per heavy atom. The van der Waals surface area contributed by atoms with E-state index in [0.717, 1.165) is 6.54 Å². The number of esters is 3. The zero-order chi connectivity index (χ0) is 20.1. The lowest BCUT2D eigenvalue weighted by atomic mass is 9.88. The molecule has 1 aliphatic heterocycles. The number of nitrogens with zero attached hydrogens (tertiary/aromatic N) is 1. The molecule has 0 aromatic carbocycles. The molecule has 0 bridgehead atoms. The van der Waals surface area contributed by atoms with Crippen molar-refractivity contribution in [2.75, 3.05) is 59.1 Å². The van der Waals surface area contributed by atoms with Gasteiger partial charge in [0.2, 0.25) is 0 Å². The fraction of sp³-hybridized carbons (Fsp3) is 0.833. The largest absolute Gasteiger partial charge is 0.466 e. The van der Waals surface area contributed by atoms with Crippen molar-refractivity contribution in [1.82, 2.24) is 15.5 Å². The van der Waals surface area contributed by atoms with Gasteiger partial charge in [0.1, 0.15) is 0 Å². The Bertz CT molecular complexity index is 466. The van der Waals surface area contributed by atoms with Crippen molar-refractivity contribution in [1.29, 1.82) is 0 Å². The molecule has 0 aliphatic carbocycles. The summed E-state index contributed by atoms with van der Waals surface area (Å²) < 4.78 is 15.4. The molecule has 0 radical (unpaired) electrons. The SMILES string of the molecule is CCOC(=O)CN1CCNCCNCC1(CC(=O)OCC)CC(=O)OCC. The quantitative estimate of drug-likeness (QED) is 0.407. The third-order valence-electron chi connectivity index (χ3n) is 4.34. The molecule has 0 unspecified atom stereocenters. The lowest BCUT2D eigenvalue weighted by molar-refractivity contribution is -0.156. The standard InChI is InChI=1S/C18H33N3O6/c1-4-25-15(22)11-18(12-16(23)26-5-2)14-20-8-7-19-9-10-21(18)13-17(24)27-6-3/h19-20H,4-14H2,1-3H3. The monoisotopic (exact) mass is 387 g/mol. The summed E-state index contributed by atoms with van der Waals surface area (Å²) >= 11 is 0. The highest BCUT2D eigenvalue weighted by molar-refractivity contribution is 5.76. The molecule has 0 saturated carbocycles. The van der Waals surface area contributed by atoms with Gasteiger partial charge in [-0.25, -0.2) is 0 Å². The Morgan fingerprint density at radius 2 is 1.33 bits per heavy atom. The Morgan fingerprint density at radius 1 is 0.815 bits per heavy atom. The van der Waals surface area contributed by atoms with Gasteiger partial charge in [-0.3, -0.25) is 19.3 Å². The molecule has 27 heavy (non-hydrogen) atoms. The van der Waals surface area contributed by atoms with Gasteiger partial charge in [0.25, 0.3) is 0 Å². The summed E-state index contributed by atoms with van der Waals surface area (Å²) in [5, 5.41) is 6.55. The van der Waals surface area contributed by atoms with Crippen molar-refractivity contribution in [2.45, 2.75) is 39.2 Å². The third kappa shape index (κ3) is 8.23. The van der Waals surface area contributed by atoms with E-state index in [1.807, 2.05) is 4.90 Å². The number of carbonyl (C=O) groups is 3. The van der Waals surface area contributed by atoms with E-state index in [-0.39, 0.29) is 39.2 Å². The molecule has 9 nitrogen and oxygen atoms in total. The smallest absolute Gasteiger partial charge is 0.320 e. The number of rotatable bonds is 9. The summed E-state index contributed by atoms with van der Waals surface area (Å²) in [5.74, 6) is -1.22. The van der Waals surface area contributed by atoms with E-state index >= 15 is 0 Å². The van der Waals surface area contributed by atoms with E-state index < -0.39 is 23.4 Å². The van der Waals surface area contributed by atoms with Crippen molar-refractivity contribution in [3.63, 3.8) is 0 Å². The molecular formula is C18H33N3O6. The van der Waals surface area contributed by atoms with Gasteiger partial charge in [-0.15, -0.1) is 0 Å². The van der Waals surface area contributed by atoms with E-state index in [1.165, 1.54) is 0 Å². The van der Waals surface area contributed by atoms with Crippen molar-refractivity contribution < 1.29 is 28.6 Å². The number of hydrogen-bond acceptors (Lipinski definition) is 9. The van der Waals surface area contributed by atoms with Crippen molar-refractivity contribution in [2.24, 2.45) is 0 Å². The van der Waals surface area contributed by atoms with Crippen LogP contribution in [0.15, 0.2) is 0 Å². The van der Waals surface area contributed by atoms with Gasteiger partial charge in [-0.2, -0.15) is 0 Å². The van der Waals surface area contributed by atoms with Crippen LogP contribution in [0, 0.1) is 0 Å². The molecule has 0 spiro atoms. The van der Waals surface area contributed by atoms with Gasteiger partial charge in [0.15, 0.2) is 0 Å². The van der Waals surface area contributed by atoms with Crippen LogP contribution in [0.3, 0.4) is 0 Å². The maximum atomic E-state index is 12.3. The van der Waals surface area contributed by atoms with E-state index in [1.54, 1.807) is 20.8 Å². The zero-order valence-electron chi connectivity index (χ0n) is 16.7. The fourth-order valence-electron chi connectivity index (χ4n) is 3.17. The van der Waals surface area contributed by atoms with E-state index in [4.69, 9.17) is 14.2 Å². The van der Waals surface area contributed by atoms with Gasteiger partial charge >= 0.3 is 17.9 Å². The topological polar surface area (TPSA) is 106 Å². The molecule has 0 amide bonds. The maximum absolute atomic E-state index is 12.3. The highest BCUT2D eigenvalue weighted by Gasteiger charge is 2.42. The average molecular weight is 387 g/mol. The van der Waals surface area contributed by atoms with Crippen LogP contribution in [0.25, 0.3) is 0 Å². The van der Waals surface area contributed by atoms with E-state index in [9.17, 15) is 14.4 Å². The number of nitrogens with one attached hydrogen (secondary N) is 2. The summed E-state index contributed by atoms with van der Waals surface area (Å²) in [7, 11) is 0.